The van der Waals surface area contributed by atoms with Gasteiger partial charge < -0.3 is 14.5 Å². The molecule has 0 aliphatic carbocycles. The number of pyridine rings is 1. The quantitative estimate of drug-likeness (QED) is 0.781. The van der Waals surface area contributed by atoms with E-state index in [1.54, 1.807) is 11.1 Å². The van der Waals surface area contributed by atoms with Gasteiger partial charge in [-0.1, -0.05) is 24.3 Å². The molecule has 0 bridgehead atoms. The van der Waals surface area contributed by atoms with Crippen LogP contribution in [0.15, 0.2) is 54.7 Å². The first-order valence-corrected chi connectivity index (χ1v) is 10.1. The molecule has 1 aromatic carbocycles. The molecule has 1 fully saturated rings. The van der Waals surface area contributed by atoms with Gasteiger partial charge in [0.05, 0.1) is 12.2 Å². The minimum absolute atomic E-state index is 0.00743. The molecule has 3 rings (SSSR count). The van der Waals surface area contributed by atoms with Crippen LogP contribution in [0.1, 0.15) is 49.7 Å². The zero-order valence-corrected chi connectivity index (χ0v) is 17.4. The number of benzene rings is 1. The molecule has 0 saturated carbocycles. The lowest BCUT2D eigenvalue weighted by atomic mass is 10.0. The fourth-order valence-corrected chi connectivity index (χ4v) is 3.47. The molecular weight excluding hydrogens is 366 g/mol. The molecule has 2 aromatic rings. The largest absolute Gasteiger partial charge is 0.444 e. The number of nitrogens with zero attached hydrogens (tertiary/aromatic N) is 3. The van der Waals surface area contributed by atoms with E-state index in [0.717, 1.165) is 5.69 Å². The summed E-state index contributed by atoms with van der Waals surface area (Å²) in [5.74, 6) is -0.00743. The van der Waals surface area contributed by atoms with Gasteiger partial charge in [0.1, 0.15) is 5.60 Å². The number of carbonyl (C=O) groups is 2. The van der Waals surface area contributed by atoms with Crippen LogP contribution >= 0.6 is 0 Å². The zero-order valence-electron chi connectivity index (χ0n) is 17.4. The Labute approximate surface area is 172 Å². The molecule has 0 radical (unpaired) electrons. The Balaban J connectivity index is 1.72. The van der Waals surface area contributed by atoms with Gasteiger partial charge in [0.15, 0.2) is 0 Å². The first-order valence-electron chi connectivity index (χ1n) is 10.1. The van der Waals surface area contributed by atoms with Crippen LogP contribution in [0, 0.1) is 0 Å². The van der Waals surface area contributed by atoms with Crippen molar-refractivity contribution in [3.63, 3.8) is 0 Å². The summed E-state index contributed by atoms with van der Waals surface area (Å²) in [4.78, 5) is 33.6. The van der Waals surface area contributed by atoms with Crippen molar-refractivity contribution in [3.05, 3.63) is 66.0 Å². The third-order valence-corrected chi connectivity index (χ3v) is 4.90. The van der Waals surface area contributed by atoms with E-state index < -0.39 is 5.60 Å². The van der Waals surface area contributed by atoms with E-state index in [1.807, 2.05) is 74.2 Å². The molecule has 1 saturated heterocycles. The van der Waals surface area contributed by atoms with Gasteiger partial charge in [-0.3, -0.25) is 9.78 Å². The maximum Gasteiger partial charge on any atom is 0.410 e. The molecule has 2 amide bonds. The van der Waals surface area contributed by atoms with Gasteiger partial charge in [0, 0.05) is 30.9 Å². The molecule has 6 heteroatoms. The van der Waals surface area contributed by atoms with Gasteiger partial charge in [-0.05, 0) is 57.9 Å². The Morgan fingerprint density at radius 1 is 1.07 bits per heavy atom. The van der Waals surface area contributed by atoms with Crippen LogP contribution in [0.3, 0.4) is 0 Å². The van der Waals surface area contributed by atoms with Crippen molar-refractivity contribution in [3.8, 4) is 0 Å². The van der Waals surface area contributed by atoms with Crippen LogP contribution in [0.5, 0.6) is 0 Å². The monoisotopic (exact) mass is 395 g/mol. The van der Waals surface area contributed by atoms with Crippen LogP contribution < -0.4 is 0 Å². The van der Waals surface area contributed by atoms with Crippen molar-refractivity contribution in [1.29, 1.82) is 0 Å². The molecule has 0 spiro atoms. The lowest BCUT2D eigenvalue weighted by Gasteiger charge is -2.39. The maximum absolute atomic E-state index is 13.2. The summed E-state index contributed by atoms with van der Waals surface area (Å²) in [5.41, 5.74) is 1.01. The number of likely N-dealkylation sites (tertiary alicyclic amines) is 1. The second-order valence-electron chi connectivity index (χ2n) is 8.32. The number of rotatable bonds is 4. The Bertz CT molecular complexity index is 810. The van der Waals surface area contributed by atoms with Crippen LogP contribution in [0.2, 0.25) is 0 Å². The van der Waals surface area contributed by atoms with Crippen molar-refractivity contribution in [2.75, 3.05) is 13.1 Å². The third kappa shape index (κ3) is 5.79. The first kappa shape index (κ1) is 20.8. The molecule has 29 heavy (non-hydrogen) atoms. The van der Waals surface area contributed by atoms with E-state index >= 15 is 0 Å². The highest BCUT2D eigenvalue weighted by molar-refractivity contribution is 5.94. The second kappa shape index (κ2) is 9.07. The highest BCUT2D eigenvalue weighted by Gasteiger charge is 2.32. The van der Waals surface area contributed by atoms with Gasteiger partial charge in [-0.15, -0.1) is 0 Å². The highest BCUT2D eigenvalue weighted by Crippen LogP contribution is 2.22. The highest BCUT2D eigenvalue weighted by atomic mass is 16.6. The summed E-state index contributed by atoms with van der Waals surface area (Å²) in [6, 6.07) is 15.1. The topological polar surface area (TPSA) is 62.7 Å². The first-order chi connectivity index (χ1) is 13.8. The number of amides is 2. The molecular formula is C23H29N3O3. The average Bonchev–Trinajstić information content (AvgIpc) is 2.72. The van der Waals surface area contributed by atoms with Crippen molar-refractivity contribution in [1.82, 2.24) is 14.8 Å². The van der Waals surface area contributed by atoms with Crippen molar-refractivity contribution in [2.45, 2.75) is 51.8 Å². The number of hydrogen-bond donors (Lipinski definition) is 0. The van der Waals surface area contributed by atoms with Crippen LogP contribution in [0.25, 0.3) is 0 Å². The number of ether oxygens (including phenoxy) is 1. The fourth-order valence-electron chi connectivity index (χ4n) is 3.47. The molecule has 6 nitrogen and oxygen atoms in total. The molecule has 0 unspecified atom stereocenters. The SMILES string of the molecule is CC(C)(C)OC(=O)N1CCC(N(Cc2ccccn2)C(=O)c2ccccc2)CC1. The zero-order chi connectivity index (χ0) is 20.9. The fraction of sp³-hybridized carbons (Fsp3) is 0.435. The van der Waals surface area contributed by atoms with Crippen molar-refractivity contribution in [2.24, 2.45) is 0 Å². The van der Waals surface area contributed by atoms with Gasteiger partial charge in [0.2, 0.25) is 0 Å². The molecule has 1 aliphatic rings. The predicted molar refractivity (Wildman–Crippen MR) is 111 cm³/mol. The lowest BCUT2D eigenvalue weighted by molar-refractivity contribution is 0.0141. The molecule has 1 aliphatic heterocycles. The predicted octanol–water partition coefficient (Wildman–Crippen LogP) is 4.12. The Morgan fingerprint density at radius 2 is 1.72 bits per heavy atom. The van der Waals surface area contributed by atoms with Gasteiger partial charge in [-0.2, -0.15) is 0 Å². The third-order valence-electron chi connectivity index (χ3n) is 4.90. The minimum Gasteiger partial charge on any atom is -0.444 e. The standard InChI is InChI=1S/C23H29N3O3/c1-23(2,3)29-22(28)25-15-12-20(13-16-25)26(17-19-11-7-8-14-24-19)21(27)18-9-5-4-6-10-18/h4-11,14,20H,12-13,15-17H2,1-3H3. The molecule has 154 valence electrons. The van der Waals surface area contributed by atoms with E-state index in [2.05, 4.69) is 4.98 Å². The summed E-state index contributed by atoms with van der Waals surface area (Å²) in [7, 11) is 0. The van der Waals surface area contributed by atoms with Crippen molar-refractivity contribution >= 4 is 12.0 Å². The summed E-state index contributed by atoms with van der Waals surface area (Å²) in [5, 5.41) is 0. The van der Waals surface area contributed by atoms with Gasteiger partial charge in [-0.25, -0.2) is 4.79 Å². The lowest BCUT2D eigenvalue weighted by Crippen LogP contribution is -2.49. The summed E-state index contributed by atoms with van der Waals surface area (Å²) in [6.07, 6.45) is 2.88. The number of hydrogen-bond acceptors (Lipinski definition) is 4. The summed E-state index contributed by atoms with van der Waals surface area (Å²) < 4.78 is 5.48. The molecule has 1 aromatic heterocycles. The van der Waals surface area contributed by atoms with Crippen molar-refractivity contribution < 1.29 is 14.3 Å². The molecule has 2 heterocycles. The normalized spacial score (nSPS) is 15.1. The van der Waals surface area contributed by atoms with Gasteiger partial charge in [0.25, 0.3) is 5.91 Å². The number of aromatic nitrogens is 1. The van der Waals surface area contributed by atoms with E-state index in [-0.39, 0.29) is 18.0 Å². The minimum atomic E-state index is -0.512. The van der Waals surface area contributed by atoms with Gasteiger partial charge >= 0.3 is 6.09 Å². The van der Waals surface area contributed by atoms with Crippen LogP contribution in [0.4, 0.5) is 4.79 Å². The molecule has 0 atom stereocenters. The maximum atomic E-state index is 13.2. The van der Waals surface area contributed by atoms with E-state index in [1.165, 1.54) is 0 Å². The number of carbonyl (C=O) groups excluding carboxylic acids is 2. The average molecular weight is 396 g/mol. The molecule has 0 N–H and O–H groups in total. The van der Waals surface area contributed by atoms with E-state index in [4.69, 9.17) is 4.74 Å². The smallest absolute Gasteiger partial charge is 0.410 e. The summed E-state index contributed by atoms with van der Waals surface area (Å²) >= 11 is 0. The van der Waals surface area contributed by atoms with Crippen LogP contribution in [-0.4, -0.2) is 51.5 Å². The van der Waals surface area contributed by atoms with E-state index in [0.29, 0.717) is 38.0 Å². The second-order valence-corrected chi connectivity index (χ2v) is 8.32. The Morgan fingerprint density at radius 3 is 2.31 bits per heavy atom. The Hall–Kier alpha value is -2.89. The number of piperidine rings is 1. The Kier molecular flexibility index (Phi) is 6.52. The van der Waals surface area contributed by atoms with E-state index in [9.17, 15) is 9.59 Å². The van der Waals surface area contributed by atoms with Crippen LogP contribution in [-0.2, 0) is 11.3 Å². The summed E-state index contributed by atoms with van der Waals surface area (Å²) in [6.45, 7) is 7.19.